The highest BCUT2D eigenvalue weighted by atomic mass is 19.4. The molecule has 3 nitrogen and oxygen atoms in total. The van der Waals surface area contributed by atoms with Crippen molar-refractivity contribution >= 4 is 27.7 Å². The molecule has 0 aliphatic rings. The molecule has 0 saturated carbocycles. The predicted octanol–water partition coefficient (Wildman–Crippen LogP) is 5.18. The SMILES string of the molecule is NC(=O)c1cccc2c1c1[c]cc(C(F)(F)F)cc1n2Cc1c(F)cc(F)cc1F. The average Bonchev–Trinajstić information content (AvgIpc) is 2.96. The lowest BCUT2D eigenvalue weighted by Gasteiger charge is -2.11. The van der Waals surface area contributed by atoms with Gasteiger partial charge in [-0.2, -0.15) is 13.2 Å². The number of hydrogen-bond donors (Lipinski definition) is 1. The van der Waals surface area contributed by atoms with E-state index in [1.807, 2.05) is 0 Å². The molecule has 1 aromatic heterocycles. The number of carbonyl (C=O) groups excluding carboxylic acids is 1. The second-order valence-corrected chi connectivity index (χ2v) is 6.64. The lowest BCUT2D eigenvalue weighted by molar-refractivity contribution is -0.137. The summed E-state index contributed by atoms with van der Waals surface area (Å²) >= 11 is 0. The summed E-state index contributed by atoms with van der Waals surface area (Å²) in [7, 11) is 0. The molecule has 3 aromatic carbocycles. The number of fused-ring (bicyclic) bond motifs is 3. The molecule has 0 atom stereocenters. The van der Waals surface area contributed by atoms with Crippen molar-refractivity contribution in [2.75, 3.05) is 0 Å². The molecule has 30 heavy (non-hydrogen) atoms. The van der Waals surface area contributed by atoms with E-state index >= 15 is 0 Å². The molecule has 0 fully saturated rings. The maximum absolute atomic E-state index is 14.2. The Morgan fingerprint density at radius 3 is 2.30 bits per heavy atom. The van der Waals surface area contributed by atoms with Gasteiger partial charge in [-0.25, -0.2) is 13.2 Å². The molecule has 0 unspecified atom stereocenters. The van der Waals surface area contributed by atoms with E-state index in [1.54, 1.807) is 0 Å². The number of nitrogens with zero attached hydrogens (tertiary/aromatic N) is 1. The minimum atomic E-state index is -4.69. The molecule has 0 saturated heterocycles. The number of primary amides is 1. The lowest BCUT2D eigenvalue weighted by Crippen LogP contribution is -2.11. The summed E-state index contributed by atoms with van der Waals surface area (Å²) in [4.78, 5) is 11.9. The number of amides is 1. The molecule has 1 amide bonds. The van der Waals surface area contributed by atoms with E-state index in [1.165, 1.54) is 22.8 Å². The van der Waals surface area contributed by atoms with E-state index in [2.05, 4.69) is 6.07 Å². The number of hydrogen-bond acceptors (Lipinski definition) is 1. The van der Waals surface area contributed by atoms with Crippen LogP contribution in [-0.2, 0) is 12.7 Å². The molecule has 9 heteroatoms. The van der Waals surface area contributed by atoms with Gasteiger partial charge < -0.3 is 10.3 Å². The monoisotopic (exact) mass is 421 g/mol. The van der Waals surface area contributed by atoms with Gasteiger partial charge >= 0.3 is 6.18 Å². The normalized spacial score (nSPS) is 12.1. The summed E-state index contributed by atoms with van der Waals surface area (Å²) in [5.41, 5.74) is 4.00. The van der Waals surface area contributed by atoms with Crippen LogP contribution in [0.5, 0.6) is 0 Å². The fourth-order valence-electron chi connectivity index (χ4n) is 3.48. The average molecular weight is 421 g/mol. The molecule has 4 rings (SSSR count). The molecule has 1 radical (unpaired) electrons. The summed E-state index contributed by atoms with van der Waals surface area (Å²) < 4.78 is 82.6. The summed E-state index contributed by atoms with van der Waals surface area (Å²) in [6.45, 7) is -0.546. The van der Waals surface area contributed by atoms with Crippen LogP contribution in [0.25, 0.3) is 21.8 Å². The van der Waals surface area contributed by atoms with Crippen molar-refractivity contribution in [3.8, 4) is 0 Å². The van der Waals surface area contributed by atoms with Gasteiger partial charge in [0, 0.05) is 34.0 Å². The third-order valence-electron chi connectivity index (χ3n) is 4.81. The molecular weight excluding hydrogens is 410 g/mol. The third-order valence-corrected chi connectivity index (χ3v) is 4.81. The summed E-state index contributed by atoms with van der Waals surface area (Å²) in [5.74, 6) is -4.33. The lowest BCUT2D eigenvalue weighted by atomic mass is 10.0. The summed E-state index contributed by atoms with van der Waals surface area (Å²) in [6.07, 6.45) is -4.69. The van der Waals surface area contributed by atoms with Crippen molar-refractivity contribution < 1.29 is 31.1 Å². The van der Waals surface area contributed by atoms with Crippen molar-refractivity contribution in [3.05, 3.63) is 82.7 Å². The highest BCUT2D eigenvalue weighted by molar-refractivity contribution is 6.17. The Morgan fingerprint density at radius 1 is 1.03 bits per heavy atom. The molecule has 0 aliphatic carbocycles. The van der Waals surface area contributed by atoms with Gasteiger partial charge in [0.25, 0.3) is 0 Å². The zero-order valence-corrected chi connectivity index (χ0v) is 14.9. The Bertz CT molecular complexity index is 1300. The zero-order valence-electron chi connectivity index (χ0n) is 14.9. The number of nitrogens with two attached hydrogens (primary N) is 1. The second kappa shape index (κ2) is 6.79. The Kier molecular flexibility index (Phi) is 4.48. The highest BCUT2D eigenvalue weighted by Gasteiger charge is 2.31. The van der Waals surface area contributed by atoms with Crippen molar-refractivity contribution in [3.63, 3.8) is 0 Å². The molecule has 0 aliphatic heterocycles. The van der Waals surface area contributed by atoms with E-state index in [4.69, 9.17) is 5.73 Å². The minimum absolute atomic E-state index is 0.0207. The Balaban J connectivity index is 2.08. The predicted molar refractivity (Wildman–Crippen MR) is 97.2 cm³/mol. The first-order chi connectivity index (χ1) is 14.1. The fourth-order valence-corrected chi connectivity index (χ4v) is 3.48. The molecule has 1 heterocycles. The van der Waals surface area contributed by atoms with Gasteiger partial charge in [-0.15, -0.1) is 0 Å². The standard InChI is InChI=1S/C21H11F6N2O/c22-11-7-15(23)14(16(24)8-11)9-29-17-3-1-2-13(20(28)30)19(17)12-5-4-10(6-18(12)29)21(25,26)27/h1-4,6-8H,9H2,(H2,28,30). The largest absolute Gasteiger partial charge is 0.416 e. The topological polar surface area (TPSA) is 48.0 Å². The van der Waals surface area contributed by atoms with E-state index in [0.717, 1.165) is 12.1 Å². The Hall–Kier alpha value is -3.49. The summed E-state index contributed by atoms with van der Waals surface area (Å²) in [5, 5.41) is 0.340. The number of alkyl halides is 3. The first-order valence-corrected chi connectivity index (χ1v) is 8.55. The van der Waals surface area contributed by atoms with Crippen LogP contribution in [0, 0.1) is 23.5 Å². The van der Waals surface area contributed by atoms with Crippen LogP contribution in [0.4, 0.5) is 26.3 Å². The number of benzene rings is 3. The van der Waals surface area contributed by atoms with Gasteiger partial charge in [0.05, 0.1) is 23.1 Å². The fraction of sp³-hybridized carbons (Fsp3) is 0.0952. The van der Waals surface area contributed by atoms with Crippen LogP contribution in [-0.4, -0.2) is 10.5 Å². The van der Waals surface area contributed by atoms with Gasteiger partial charge in [0.1, 0.15) is 17.5 Å². The van der Waals surface area contributed by atoms with Crippen LogP contribution in [0.2, 0.25) is 0 Å². The quantitative estimate of drug-likeness (QED) is 0.456. The molecule has 153 valence electrons. The molecule has 0 bridgehead atoms. The Morgan fingerprint density at radius 2 is 1.70 bits per heavy atom. The van der Waals surface area contributed by atoms with E-state index in [0.29, 0.717) is 12.1 Å². The highest BCUT2D eigenvalue weighted by Crippen LogP contribution is 2.37. The van der Waals surface area contributed by atoms with E-state index in [-0.39, 0.29) is 27.4 Å². The van der Waals surface area contributed by atoms with Crippen LogP contribution >= 0.6 is 0 Å². The van der Waals surface area contributed by atoms with Gasteiger partial charge in [0.2, 0.25) is 5.91 Å². The zero-order chi connectivity index (χ0) is 21.8. The van der Waals surface area contributed by atoms with Crippen LogP contribution in [0.3, 0.4) is 0 Å². The third kappa shape index (κ3) is 3.16. The minimum Gasteiger partial charge on any atom is -0.366 e. The van der Waals surface area contributed by atoms with E-state index < -0.39 is 47.2 Å². The first-order valence-electron chi connectivity index (χ1n) is 8.55. The van der Waals surface area contributed by atoms with Crippen molar-refractivity contribution in [1.82, 2.24) is 4.57 Å². The number of halogens is 6. The van der Waals surface area contributed by atoms with Crippen molar-refractivity contribution in [2.45, 2.75) is 12.7 Å². The summed E-state index contributed by atoms with van der Waals surface area (Å²) in [6, 6.07) is 9.31. The smallest absolute Gasteiger partial charge is 0.366 e. The Labute approximate surface area is 165 Å². The van der Waals surface area contributed by atoms with Crippen molar-refractivity contribution in [2.24, 2.45) is 5.73 Å². The van der Waals surface area contributed by atoms with Gasteiger partial charge in [-0.3, -0.25) is 4.79 Å². The maximum atomic E-state index is 14.2. The van der Waals surface area contributed by atoms with Crippen LogP contribution in [0.1, 0.15) is 21.5 Å². The van der Waals surface area contributed by atoms with Gasteiger partial charge in [-0.1, -0.05) is 6.07 Å². The van der Waals surface area contributed by atoms with Crippen molar-refractivity contribution in [1.29, 1.82) is 0 Å². The maximum Gasteiger partial charge on any atom is 0.416 e. The van der Waals surface area contributed by atoms with E-state index in [9.17, 15) is 31.1 Å². The van der Waals surface area contributed by atoms with Crippen LogP contribution < -0.4 is 5.73 Å². The van der Waals surface area contributed by atoms with Crippen LogP contribution in [0.15, 0.2) is 42.5 Å². The molecule has 4 aromatic rings. The molecular formula is C21H11F6N2O. The molecule has 2 N–H and O–H groups in total. The van der Waals surface area contributed by atoms with Gasteiger partial charge in [0.15, 0.2) is 0 Å². The molecule has 0 spiro atoms. The first kappa shape index (κ1) is 19.8. The second-order valence-electron chi connectivity index (χ2n) is 6.64. The number of aromatic nitrogens is 1. The number of carbonyl (C=O) groups is 1. The van der Waals surface area contributed by atoms with Gasteiger partial charge in [-0.05, 0) is 30.3 Å². The number of rotatable bonds is 3.